The molecule has 0 atom stereocenters. The van der Waals surface area contributed by atoms with Crippen molar-refractivity contribution in [2.75, 3.05) is 11.1 Å². The van der Waals surface area contributed by atoms with E-state index in [0.717, 1.165) is 22.0 Å². The minimum absolute atomic E-state index is 0.0318. The predicted molar refractivity (Wildman–Crippen MR) is 85.7 cm³/mol. The average Bonchev–Trinajstić information content (AvgIpc) is 2.89. The number of carbonyl (C=O) groups excluding carboxylic acids is 1. The highest BCUT2D eigenvalue weighted by atomic mass is 32.2. The summed E-state index contributed by atoms with van der Waals surface area (Å²) < 4.78 is 1.96. The van der Waals surface area contributed by atoms with Crippen LogP contribution in [0.15, 0.2) is 29.7 Å². The van der Waals surface area contributed by atoms with Crippen LogP contribution in [0.4, 0.5) is 5.69 Å². The first-order valence-corrected chi connectivity index (χ1v) is 7.86. The molecule has 6 heteroatoms. The summed E-state index contributed by atoms with van der Waals surface area (Å²) >= 11 is 1.40. The molecule has 2 rings (SSSR count). The highest BCUT2D eigenvalue weighted by molar-refractivity contribution is 7.99. The van der Waals surface area contributed by atoms with Crippen LogP contribution in [0.2, 0.25) is 0 Å². The van der Waals surface area contributed by atoms with E-state index in [0.29, 0.717) is 5.75 Å². The largest absolute Gasteiger partial charge is 0.325 e. The van der Waals surface area contributed by atoms with Crippen molar-refractivity contribution in [2.24, 2.45) is 0 Å². The summed E-state index contributed by atoms with van der Waals surface area (Å²) in [5, 5.41) is 11.7. The first-order chi connectivity index (χ1) is 9.99. The van der Waals surface area contributed by atoms with Crippen molar-refractivity contribution >= 4 is 23.4 Å². The summed E-state index contributed by atoms with van der Waals surface area (Å²) in [5.41, 5.74) is 3.03. The molecule has 112 valence electrons. The summed E-state index contributed by atoms with van der Waals surface area (Å²) in [4.78, 5) is 12.1. The number of amides is 1. The molecule has 1 heterocycles. The quantitative estimate of drug-likeness (QED) is 0.862. The Bertz CT molecular complexity index is 616. The number of thioether (sulfide) groups is 1. The molecular formula is C15H20N4OS. The van der Waals surface area contributed by atoms with Crippen molar-refractivity contribution < 1.29 is 4.79 Å². The lowest BCUT2D eigenvalue weighted by Gasteiger charge is -2.12. The lowest BCUT2D eigenvalue weighted by Crippen LogP contribution is -2.16. The number of aryl methyl sites for hydroxylation is 2. The molecule has 0 fully saturated rings. The fraction of sp³-hybridized carbons (Fsp3) is 0.400. The Kier molecular flexibility index (Phi) is 5.01. The number of aromatic nitrogens is 3. The van der Waals surface area contributed by atoms with E-state index >= 15 is 0 Å². The highest BCUT2D eigenvalue weighted by Gasteiger charge is 2.12. The van der Waals surface area contributed by atoms with Gasteiger partial charge in [-0.1, -0.05) is 30.0 Å². The van der Waals surface area contributed by atoms with Crippen molar-refractivity contribution in [3.8, 4) is 0 Å². The number of carbonyl (C=O) groups is 1. The van der Waals surface area contributed by atoms with Gasteiger partial charge in [-0.3, -0.25) is 4.79 Å². The number of nitrogens with one attached hydrogen (secondary N) is 1. The number of para-hydroxylation sites is 1. The first kappa shape index (κ1) is 15.6. The Morgan fingerprint density at radius 2 is 2.00 bits per heavy atom. The first-order valence-electron chi connectivity index (χ1n) is 6.87. The molecule has 0 saturated heterocycles. The molecule has 1 aromatic heterocycles. The van der Waals surface area contributed by atoms with Crippen LogP contribution < -0.4 is 5.32 Å². The second kappa shape index (κ2) is 6.76. The van der Waals surface area contributed by atoms with E-state index in [1.165, 1.54) is 11.8 Å². The third kappa shape index (κ3) is 3.85. The molecule has 2 aromatic rings. The number of hydrogen-bond donors (Lipinski definition) is 1. The van der Waals surface area contributed by atoms with E-state index in [9.17, 15) is 4.79 Å². The molecule has 0 bridgehead atoms. The monoisotopic (exact) mass is 304 g/mol. The van der Waals surface area contributed by atoms with Crippen molar-refractivity contribution in [1.29, 1.82) is 0 Å². The van der Waals surface area contributed by atoms with Crippen LogP contribution in [0.25, 0.3) is 0 Å². The summed E-state index contributed by atoms with van der Waals surface area (Å²) in [7, 11) is 0. The van der Waals surface area contributed by atoms with Gasteiger partial charge in [0, 0.05) is 11.7 Å². The summed E-state index contributed by atoms with van der Waals surface area (Å²) in [6, 6.07) is 6.25. The molecule has 0 aliphatic heterocycles. The topological polar surface area (TPSA) is 59.8 Å². The number of hydrogen-bond acceptors (Lipinski definition) is 4. The van der Waals surface area contributed by atoms with Gasteiger partial charge in [-0.2, -0.15) is 0 Å². The molecule has 0 saturated carbocycles. The van der Waals surface area contributed by atoms with Crippen LogP contribution in [-0.2, 0) is 4.79 Å². The zero-order valence-electron chi connectivity index (χ0n) is 12.8. The summed E-state index contributed by atoms with van der Waals surface area (Å²) in [6.45, 7) is 8.10. The van der Waals surface area contributed by atoms with Crippen LogP contribution in [0.3, 0.4) is 0 Å². The van der Waals surface area contributed by atoms with Crippen LogP contribution >= 0.6 is 11.8 Å². The molecule has 0 spiro atoms. The normalized spacial score (nSPS) is 10.9. The van der Waals surface area contributed by atoms with Crippen LogP contribution in [0.5, 0.6) is 0 Å². The molecular weight excluding hydrogens is 284 g/mol. The minimum Gasteiger partial charge on any atom is -0.325 e. The van der Waals surface area contributed by atoms with Gasteiger partial charge < -0.3 is 9.88 Å². The maximum atomic E-state index is 12.1. The number of nitrogens with zero attached hydrogens (tertiary/aromatic N) is 3. The molecule has 0 aliphatic rings. The maximum Gasteiger partial charge on any atom is 0.234 e. The van der Waals surface area contributed by atoms with Gasteiger partial charge in [-0.05, 0) is 38.8 Å². The minimum atomic E-state index is -0.0318. The van der Waals surface area contributed by atoms with E-state index in [2.05, 4.69) is 29.4 Å². The third-order valence-corrected chi connectivity index (χ3v) is 4.13. The second-order valence-electron chi connectivity index (χ2n) is 5.22. The lowest BCUT2D eigenvalue weighted by molar-refractivity contribution is -0.113. The smallest absolute Gasteiger partial charge is 0.234 e. The molecule has 21 heavy (non-hydrogen) atoms. The number of benzene rings is 1. The van der Waals surface area contributed by atoms with Gasteiger partial charge in [0.25, 0.3) is 0 Å². The number of anilines is 1. The second-order valence-corrected chi connectivity index (χ2v) is 6.16. The Labute approximate surface area is 129 Å². The fourth-order valence-corrected chi connectivity index (χ4v) is 2.85. The van der Waals surface area contributed by atoms with Crippen molar-refractivity contribution in [1.82, 2.24) is 14.8 Å². The Morgan fingerprint density at radius 1 is 1.33 bits per heavy atom. The Hall–Kier alpha value is -1.82. The molecule has 0 unspecified atom stereocenters. The average molecular weight is 304 g/mol. The van der Waals surface area contributed by atoms with E-state index in [1.807, 2.05) is 36.6 Å². The third-order valence-electron chi connectivity index (χ3n) is 3.17. The Morgan fingerprint density at radius 3 is 2.62 bits per heavy atom. The van der Waals surface area contributed by atoms with Crippen molar-refractivity contribution in [3.05, 3.63) is 35.7 Å². The van der Waals surface area contributed by atoms with Crippen molar-refractivity contribution in [3.63, 3.8) is 0 Å². The lowest BCUT2D eigenvalue weighted by atomic mass is 10.1. The zero-order valence-corrected chi connectivity index (χ0v) is 13.6. The summed E-state index contributed by atoms with van der Waals surface area (Å²) in [5.74, 6) is 0.287. The molecule has 1 amide bonds. The van der Waals surface area contributed by atoms with Gasteiger partial charge in [0.15, 0.2) is 5.16 Å². The molecule has 1 N–H and O–H groups in total. The molecule has 5 nitrogen and oxygen atoms in total. The maximum absolute atomic E-state index is 12.1. The Balaban J connectivity index is 1.98. The van der Waals surface area contributed by atoms with Crippen LogP contribution in [-0.4, -0.2) is 26.4 Å². The predicted octanol–water partition coefficient (Wildman–Crippen LogP) is 3.21. The van der Waals surface area contributed by atoms with Crippen molar-refractivity contribution in [2.45, 2.75) is 38.9 Å². The fourth-order valence-electron chi connectivity index (χ4n) is 2.01. The van der Waals surface area contributed by atoms with E-state index < -0.39 is 0 Å². The van der Waals surface area contributed by atoms with E-state index in [1.54, 1.807) is 6.33 Å². The van der Waals surface area contributed by atoms with E-state index in [4.69, 9.17) is 0 Å². The van der Waals surface area contributed by atoms with Gasteiger partial charge in [0.1, 0.15) is 6.33 Å². The van der Waals surface area contributed by atoms with Gasteiger partial charge in [-0.25, -0.2) is 0 Å². The van der Waals surface area contributed by atoms with Crippen LogP contribution in [0, 0.1) is 13.8 Å². The zero-order chi connectivity index (χ0) is 15.4. The van der Waals surface area contributed by atoms with Crippen LogP contribution in [0.1, 0.15) is 31.0 Å². The molecule has 0 radical (unpaired) electrons. The SMILES string of the molecule is Cc1cccc(C)c1NC(=O)CSc1nncn1C(C)C. The van der Waals surface area contributed by atoms with Gasteiger partial charge in [0.2, 0.25) is 5.91 Å². The number of rotatable bonds is 5. The highest BCUT2D eigenvalue weighted by Crippen LogP contribution is 2.22. The summed E-state index contributed by atoms with van der Waals surface area (Å²) in [6.07, 6.45) is 1.69. The standard InChI is InChI=1S/C15H20N4OS/c1-10(2)19-9-16-18-15(19)21-8-13(20)17-14-11(3)6-5-7-12(14)4/h5-7,9-10H,8H2,1-4H3,(H,17,20). The molecule has 0 aliphatic carbocycles. The van der Waals surface area contributed by atoms with Gasteiger partial charge in [0.05, 0.1) is 5.75 Å². The van der Waals surface area contributed by atoms with E-state index in [-0.39, 0.29) is 11.9 Å². The molecule has 1 aromatic carbocycles. The van der Waals surface area contributed by atoms with Gasteiger partial charge in [-0.15, -0.1) is 10.2 Å². The van der Waals surface area contributed by atoms with Gasteiger partial charge >= 0.3 is 0 Å².